The minimum Gasteiger partial charge on any atom is -0.507 e. The molecule has 0 bridgehead atoms. The molecule has 0 radical (unpaired) electrons. The molecule has 0 spiro atoms. The summed E-state index contributed by atoms with van der Waals surface area (Å²) in [7, 11) is 1.63. The van der Waals surface area contributed by atoms with Gasteiger partial charge in [0.25, 0.3) is 0 Å². The zero-order valence-electron chi connectivity index (χ0n) is 12.7. The van der Waals surface area contributed by atoms with E-state index in [1.165, 1.54) is 0 Å². The molecule has 0 saturated carbocycles. The van der Waals surface area contributed by atoms with Crippen LogP contribution >= 0.6 is 0 Å². The van der Waals surface area contributed by atoms with Crippen molar-refractivity contribution in [1.29, 1.82) is 0 Å². The van der Waals surface area contributed by atoms with E-state index in [0.717, 1.165) is 23.1 Å². The van der Waals surface area contributed by atoms with Gasteiger partial charge in [0.05, 0.1) is 18.3 Å². The monoisotopic (exact) mass is 297 g/mol. The fourth-order valence-corrected chi connectivity index (χ4v) is 2.71. The lowest BCUT2D eigenvalue weighted by Gasteiger charge is -2.12. The summed E-state index contributed by atoms with van der Waals surface area (Å²) in [6, 6.07) is 15.1. The van der Waals surface area contributed by atoms with Crippen LogP contribution in [0.15, 0.2) is 48.5 Å². The van der Waals surface area contributed by atoms with Crippen LogP contribution in [-0.2, 0) is 13.2 Å². The molecule has 1 aromatic heterocycles. The summed E-state index contributed by atoms with van der Waals surface area (Å²) in [6.07, 6.45) is 0. The first kappa shape index (κ1) is 14.3. The Morgan fingerprint density at radius 1 is 1.05 bits per heavy atom. The maximum absolute atomic E-state index is 10.00. The Hall–Kier alpha value is -2.62. The number of aryl methyl sites for hydroxylation is 1. The van der Waals surface area contributed by atoms with E-state index < -0.39 is 0 Å². The maximum atomic E-state index is 10.00. The lowest BCUT2D eigenvalue weighted by atomic mass is 10.2. The molecule has 1 heterocycles. The Morgan fingerprint density at radius 3 is 2.55 bits per heavy atom. The first-order chi connectivity index (χ1) is 10.7. The van der Waals surface area contributed by atoms with Crippen LogP contribution in [-0.4, -0.2) is 16.8 Å². The van der Waals surface area contributed by atoms with Crippen LogP contribution in [0.5, 0.6) is 17.2 Å². The van der Waals surface area contributed by atoms with Gasteiger partial charge in [-0.05, 0) is 37.3 Å². The molecule has 0 aliphatic carbocycles. The van der Waals surface area contributed by atoms with Gasteiger partial charge in [-0.3, -0.25) is 0 Å². The van der Waals surface area contributed by atoms with Gasteiger partial charge in [-0.2, -0.15) is 0 Å². The van der Waals surface area contributed by atoms with Crippen LogP contribution < -0.4 is 9.47 Å². The molecule has 0 unspecified atom stereocenters. The van der Waals surface area contributed by atoms with Gasteiger partial charge in [0.15, 0.2) is 11.5 Å². The molecule has 0 atom stereocenters. The highest BCUT2D eigenvalue weighted by molar-refractivity contribution is 5.87. The van der Waals surface area contributed by atoms with Crippen molar-refractivity contribution in [1.82, 2.24) is 4.57 Å². The minimum atomic E-state index is 0.295. The number of fused-ring (bicyclic) bond motifs is 1. The summed E-state index contributed by atoms with van der Waals surface area (Å²) in [5.74, 6) is 1.72. The Balaban J connectivity index is 1.92. The number of phenolic OH excluding ortho intramolecular Hbond substituents is 1. The lowest BCUT2D eigenvalue weighted by Crippen LogP contribution is -2.05. The molecule has 4 heteroatoms. The number of rotatable bonds is 5. The van der Waals surface area contributed by atoms with Crippen LogP contribution in [0.4, 0.5) is 0 Å². The molecule has 0 aliphatic heterocycles. The van der Waals surface area contributed by atoms with Gasteiger partial charge < -0.3 is 19.1 Å². The van der Waals surface area contributed by atoms with Crippen molar-refractivity contribution in [2.75, 3.05) is 7.11 Å². The Labute approximate surface area is 129 Å². The molecule has 3 aromatic rings. The molecule has 0 saturated heterocycles. The predicted octanol–water partition coefficient (Wildman–Crippen LogP) is 3.95. The van der Waals surface area contributed by atoms with E-state index >= 15 is 0 Å². The van der Waals surface area contributed by atoms with Crippen LogP contribution in [0.2, 0.25) is 0 Å². The van der Waals surface area contributed by atoms with E-state index in [0.29, 0.717) is 23.9 Å². The topological polar surface area (TPSA) is 43.6 Å². The summed E-state index contributed by atoms with van der Waals surface area (Å²) >= 11 is 0. The molecule has 0 fully saturated rings. The van der Waals surface area contributed by atoms with Gasteiger partial charge in [0.2, 0.25) is 0 Å². The van der Waals surface area contributed by atoms with Gasteiger partial charge >= 0.3 is 0 Å². The molecular weight excluding hydrogens is 278 g/mol. The van der Waals surface area contributed by atoms with Crippen molar-refractivity contribution in [2.45, 2.75) is 20.1 Å². The van der Waals surface area contributed by atoms with Gasteiger partial charge in [-0.25, -0.2) is 0 Å². The third kappa shape index (κ3) is 2.48. The van der Waals surface area contributed by atoms with Gasteiger partial charge in [0.1, 0.15) is 12.4 Å². The summed E-state index contributed by atoms with van der Waals surface area (Å²) < 4.78 is 13.3. The Morgan fingerprint density at radius 2 is 1.82 bits per heavy atom. The van der Waals surface area contributed by atoms with E-state index in [1.54, 1.807) is 13.2 Å². The molecule has 1 N–H and O–H groups in total. The number of hydrogen-bond donors (Lipinski definition) is 1. The number of ether oxygens (including phenoxy) is 2. The maximum Gasteiger partial charge on any atom is 0.161 e. The van der Waals surface area contributed by atoms with Crippen LogP contribution in [0.3, 0.4) is 0 Å². The summed E-state index contributed by atoms with van der Waals surface area (Å²) in [5, 5.41) is 10.8. The predicted molar refractivity (Wildman–Crippen MR) is 86.6 cm³/mol. The summed E-state index contributed by atoms with van der Waals surface area (Å²) in [6.45, 7) is 3.32. The van der Waals surface area contributed by atoms with Crippen molar-refractivity contribution >= 4 is 10.9 Å². The zero-order chi connectivity index (χ0) is 15.5. The highest BCUT2D eigenvalue weighted by Crippen LogP contribution is 2.30. The standard InChI is InChI=1S/C18H19NO3/c1-3-19-13(11-14-15(19)7-6-8-16(14)20)12-22-18-10-5-4-9-17(18)21-2/h4-11,20H,3,12H2,1-2H3. The third-order valence-electron chi connectivity index (χ3n) is 3.77. The van der Waals surface area contributed by atoms with Crippen molar-refractivity contribution in [3.05, 3.63) is 54.2 Å². The van der Waals surface area contributed by atoms with E-state index in [4.69, 9.17) is 9.47 Å². The normalized spacial score (nSPS) is 10.8. The number of para-hydroxylation sites is 2. The fraction of sp³-hybridized carbons (Fsp3) is 0.222. The number of methoxy groups -OCH3 is 1. The number of hydrogen-bond acceptors (Lipinski definition) is 3. The number of aromatic hydroxyl groups is 1. The summed E-state index contributed by atoms with van der Waals surface area (Å²) in [5.41, 5.74) is 2.03. The highest BCUT2D eigenvalue weighted by Gasteiger charge is 2.11. The van der Waals surface area contributed by atoms with E-state index in [1.807, 2.05) is 42.5 Å². The second kappa shape index (κ2) is 6.02. The first-order valence-electron chi connectivity index (χ1n) is 7.30. The van der Waals surface area contributed by atoms with Crippen molar-refractivity contribution in [3.63, 3.8) is 0 Å². The third-order valence-corrected chi connectivity index (χ3v) is 3.77. The SMILES string of the molecule is CCn1c(COc2ccccc2OC)cc2c(O)cccc21. The van der Waals surface area contributed by atoms with Crippen LogP contribution in [0.1, 0.15) is 12.6 Å². The molecule has 22 heavy (non-hydrogen) atoms. The van der Waals surface area contributed by atoms with Crippen molar-refractivity contribution < 1.29 is 14.6 Å². The van der Waals surface area contributed by atoms with E-state index in [9.17, 15) is 5.11 Å². The lowest BCUT2D eigenvalue weighted by molar-refractivity contribution is 0.277. The fourth-order valence-electron chi connectivity index (χ4n) is 2.71. The van der Waals surface area contributed by atoms with Gasteiger partial charge in [-0.15, -0.1) is 0 Å². The average molecular weight is 297 g/mol. The van der Waals surface area contributed by atoms with Crippen molar-refractivity contribution in [2.24, 2.45) is 0 Å². The second-order valence-electron chi connectivity index (χ2n) is 5.03. The quantitative estimate of drug-likeness (QED) is 0.775. The molecule has 0 aliphatic rings. The average Bonchev–Trinajstić information content (AvgIpc) is 2.92. The van der Waals surface area contributed by atoms with E-state index in [2.05, 4.69) is 11.5 Å². The summed E-state index contributed by atoms with van der Waals surface area (Å²) in [4.78, 5) is 0. The zero-order valence-corrected chi connectivity index (χ0v) is 12.7. The van der Waals surface area contributed by atoms with E-state index in [-0.39, 0.29) is 0 Å². The minimum absolute atomic E-state index is 0.295. The first-order valence-corrected chi connectivity index (χ1v) is 7.30. The highest BCUT2D eigenvalue weighted by atomic mass is 16.5. The van der Waals surface area contributed by atoms with Crippen LogP contribution in [0, 0.1) is 0 Å². The largest absolute Gasteiger partial charge is 0.507 e. The number of aromatic nitrogens is 1. The Bertz CT molecular complexity index is 792. The Kier molecular flexibility index (Phi) is 3.92. The van der Waals surface area contributed by atoms with Gasteiger partial charge in [-0.1, -0.05) is 18.2 Å². The number of phenols is 1. The van der Waals surface area contributed by atoms with Crippen LogP contribution in [0.25, 0.3) is 10.9 Å². The molecule has 114 valence electrons. The molecule has 3 rings (SSSR count). The molecule has 4 nitrogen and oxygen atoms in total. The van der Waals surface area contributed by atoms with Crippen molar-refractivity contribution in [3.8, 4) is 17.2 Å². The molecule has 0 amide bonds. The number of benzene rings is 2. The molecular formula is C18H19NO3. The van der Waals surface area contributed by atoms with Gasteiger partial charge in [0, 0.05) is 11.9 Å². The molecule has 2 aromatic carbocycles. The smallest absolute Gasteiger partial charge is 0.161 e. The second-order valence-corrected chi connectivity index (χ2v) is 5.03. The number of nitrogens with zero attached hydrogens (tertiary/aromatic N) is 1.